The molecule has 0 unspecified atom stereocenters. The Hall–Kier alpha value is -1.88. The minimum Gasteiger partial charge on any atom is -0.352 e. The number of hydrogen-bond donors (Lipinski definition) is 1. The highest BCUT2D eigenvalue weighted by atomic mass is 32.2. The molecule has 1 aromatic carbocycles. The molecule has 22 heavy (non-hydrogen) atoms. The average molecular weight is 315 g/mol. The van der Waals surface area contributed by atoms with Crippen LogP contribution in [0, 0.1) is 0 Å². The molecule has 0 atom stereocenters. The molecule has 2 rings (SSSR count). The van der Waals surface area contributed by atoms with Crippen LogP contribution in [0.5, 0.6) is 0 Å². The molecular formula is C17H21N3OS. The zero-order valence-corrected chi connectivity index (χ0v) is 13.8. The van der Waals surface area contributed by atoms with Gasteiger partial charge in [-0.05, 0) is 24.7 Å². The number of carbonyl (C=O) groups is 1. The van der Waals surface area contributed by atoms with Gasteiger partial charge >= 0.3 is 0 Å². The zero-order valence-electron chi connectivity index (χ0n) is 13.0. The Balaban J connectivity index is 1.99. The second-order valence-electron chi connectivity index (χ2n) is 4.96. The second-order valence-corrected chi connectivity index (χ2v) is 5.73. The Bertz CT molecular complexity index is 617. The summed E-state index contributed by atoms with van der Waals surface area (Å²) in [7, 11) is 0. The lowest BCUT2D eigenvalue weighted by Gasteiger charge is -2.09. The van der Waals surface area contributed by atoms with Crippen molar-refractivity contribution < 1.29 is 4.79 Å². The van der Waals surface area contributed by atoms with Crippen LogP contribution >= 0.6 is 11.8 Å². The molecule has 1 heterocycles. The SMILES string of the molecule is CCCc1nc(SC)ncc1C(=O)NCCc1ccccc1. The van der Waals surface area contributed by atoms with E-state index in [9.17, 15) is 4.79 Å². The molecule has 116 valence electrons. The summed E-state index contributed by atoms with van der Waals surface area (Å²) in [6.07, 6.45) is 6.14. The van der Waals surface area contributed by atoms with E-state index in [1.165, 1.54) is 17.3 Å². The van der Waals surface area contributed by atoms with Crippen molar-refractivity contribution in [3.63, 3.8) is 0 Å². The summed E-state index contributed by atoms with van der Waals surface area (Å²) in [5.74, 6) is -0.0907. The van der Waals surface area contributed by atoms with Crippen LogP contribution in [0.1, 0.15) is 35.0 Å². The summed E-state index contributed by atoms with van der Waals surface area (Å²) in [5.41, 5.74) is 2.64. The normalized spacial score (nSPS) is 10.5. The number of rotatable bonds is 7. The maximum absolute atomic E-state index is 12.3. The largest absolute Gasteiger partial charge is 0.352 e. The van der Waals surface area contributed by atoms with Gasteiger partial charge in [0.1, 0.15) is 0 Å². The van der Waals surface area contributed by atoms with Crippen LogP contribution in [0.25, 0.3) is 0 Å². The molecule has 1 N–H and O–H groups in total. The maximum Gasteiger partial charge on any atom is 0.254 e. The predicted octanol–water partition coefficient (Wildman–Crippen LogP) is 3.12. The molecule has 0 saturated carbocycles. The number of aromatic nitrogens is 2. The number of amides is 1. The van der Waals surface area contributed by atoms with Gasteiger partial charge in [0.05, 0.1) is 11.3 Å². The predicted molar refractivity (Wildman–Crippen MR) is 90.3 cm³/mol. The Kier molecular flexibility index (Phi) is 6.40. The Morgan fingerprint density at radius 1 is 1.23 bits per heavy atom. The van der Waals surface area contributed by atoms with E-state index in [0.717, 1.165) is 25.0 Å². The number of thioether (sulfide) groups is 1. The van der Waals surface area contributed by atoms with Crippen LogP contribution in [0.15, 0.2) is 41.7 Å². The third-order valence-electron chi connectivity index (χ3n) is 3.30. The Labute approximate surface area is 135 Å². The van der Waals surface area contributed by atoms with Crippen LogP contribution < -0.4 is 5.32 Å². The third-order valence-corrected chi connectivity index (χ3v) is 3.86. The van der Waals surface area contributed by atoms with Gasteiger partial charge in [0.15, 0.2) is 5.16 Å². The van der Waals surface area contributed by atoms with Gasteiger partial charge in [-0.25, -0.2) is 9.97 Å². The smallest absolute Gasteiger partial charge is 0.254 e. The second kappa shape index (κ2) is 8.54. The summed E-state index contributed by atoms with van der Waals surface area (Å²) >= 11 is 1.49. The van der Waals surface area contributed by atoms with Crippen molar-refractivity contribution in [1.29, 1.82) is 0 Å². The van der Waals surface area contributed by atoms with Crippen molar-refractivity contribution in [2.24, 2.45) is 0 Å². The minimum absolute atomic E-state index is 0.0907. The highest BCUT2D eigenvalue weighted by molar-refractivity contribution is 7.98. The van der Waals surface area contributed by atoms with E-state index in [1.54, 1.807) is 6.20 Å². The van der Waals surface area contributed by atoms with E-state index in [0.29, 0.717) is 17.3 Å². The fourth-order valence-electron chi connectivity index (χ4n) is 2.17. The number of nitrogens with one attached hydrogen (secondary N) is 1. The first-order valence-corrected chi connectivity index (χ1v) is 8.69. The van der Waals surface area contributed by atoms with Gasteiger partial charge < -0.3 is 5.32 Å². The highest BCUT2D eigenvalue weighted by Crippen LogP contribution is 2.13. The van der Waals surface area contributed by atoms with Crippen LogP contribution in [0.3, 0.4) is 0 Å². The van der Waals surface area contributed by atoms with E-state index in [4.69, 9.17) is 0 Å². The van der Waals surface area contributed by atoms with Crippen molar-refractivity contribution in [2.75, 3.05) is 12.8 Å². The first-order chi connectivity index (χ1) is 10.7. The monoisotopic (exact) mass is 315 g/mol. The van der Waals surface area contributed by atoms with E-state index < -0.39 is 0 Å². The van der Waals surface area contributed by atoms with E-state index in [2.05, 4.69) is 34.3 Å². The molecular weight excluding hydrogens is 294 g/mol. The number of nitrogens with zero attached hydrogens (tertiary/aromatic N) is 2. The molecule has 1 aromatic heterocycles. The molecule has 4 nitrogen and oxygen atoms in total. The number of carbonyl (C=O) groups excluding carboxylic acids is 1. The average Bonchev–Trinajstić information content (AvgIpc) is 2.56. The maximum atomic E-state index is 12.3. The molecule has 5 heteroatoms. The molecule has 0 aliphatic carbocycles. The van der Waals surface area contributed by atoms with Crippen LogP contribution in [0.4, 0.5) is 0 Å². The van der Waals surface area contributed by atoms with Gasteiger partial charge in [-0.3, -0.25) is 4.79 Å². The van der Waals surface area contributed by atoms with Gasteiger partial charge in [0, 0.05) is 12.7 Å². The van der Waals surface area contributed by atoms with Crippen molar-refractivity contribution in [3.05, 3.63) is 53.3 Å². The minimum atomic E-state index is -0.0907. The van der Waals surface area contributed by atoms with Crippen LogP contribution in [-0.2, 0) is 12.8 Å². The lowest BCUT2D eigenvalue weighted by molar-refractivity contribution is 0.0952. The molecule has 1 amide bonds. The van der Waals surface area contributed by atoms with Crippen LogP contribution in [-0.4, -0.2) is 28.7 Å². The van der Waals surface area contributed by atoms with E-state index in [1.807, 2.05) is 24.5 Å². The molecule has 0 bridgehead atoms. The van der Waals surface area contributed by atoms with Gasteiger partial charge in [-0.1, -0.05) is 55.4 Å². The van der Waals surface area contributed by atoms with Crippen molar-refractivity contribution >= 4 is 17.7 Å². The van der Waals surface area contributed by atoms with Crippen molar-refractivity contribution in [1.82, 2.24) is 15.3 Å². The third kappa shape index (κ3) is 4.56. The Morgan fingerprint density at radius 2 is 2.00 bits per heavy atom. The van der Waals surface area contributed by atoms with Crippen molar-refractivity contribution in [3.8, 4) is 0 Å². The number of aryl methyl sites for hydroxylation is 1. The lowest BCUT2D eigenvalue weighted by atomic mass is 10.1. The van der Waals surface area contributed by atoms with E-state index >= 15 is 0 Å². The summed E-state index contributed by atoms with van der Waals surface area (Å²) in [6, 6.07) is 10.1. The zero-order chi connectivity index (χ0) is 15.8. The highest BCUT2D eigenvalue weighted by Gasteiger charge is 2.13. The van der Waals surface area contributed by atoms with Gasteiger partial charge in [-0.2, -0.15) is 0 Å². The summed E-state index contributed by atoms with van der Waals surface area (Å²) in [4.78, 5) is 21.0. The quantitative estimate of drug-likeness (QED) is 0.630. The summed E-state index contributed by atoms with van der Waals surface area (Å²) in [6.45, 7) is 2.69. The molecule has 0 radical (unpaired) electrons. The Morgan fingerprint density at radius 3 is 2.68 bits per heavy atom. The molecule has 2 aromatic rings. The number of benzene rings is 1. The fraction of sp³-hybridized carbons (Fsp3) is 0.353. The fourth-order valence-corrected chi connectivity index (χ4v) is 2.53. The number of hydrogen-bond acceptors (Lipinski definition) is 4. The van der Waals surface area contributed by atoms with Crippen molar-refractivity contribution in [2.45, 2.75) is 31.3 Å². The lowest BCUT2D eigenvalue weighted by Crippen LogP contribution is -2.27. The standard InChI is InChI=1S/C17H21N3OS/c1-3-7-15-14(12-19-17(20-15)22-2)16(21)18-11-10-13-8-5-4-6-9-13/h4-6,8-9,12H,3,7,10-11H2,1-2H3,(H,18,21). The first kappa shape index (κ1) is 16.5. The topological polar surface area (TPSA) is 54.9 Å². The molecule has 0 spiro atoms. The van der Waals surface area contributed by atoms with Crippen LogP contribution in [0.2, 0.25) is 0 Å². The summed E-state index contributed by atoms with van der Waals surface area (Å²) < 4.78 is 0. The first-order valence-electron chi connectivity index (χ1n) is 7.46. The van der Waals surface area contributed by atoms with E-state index in [-0.39, 0.29) is 5.91 Å². The van der Waals surface area contributed by atoms with Gasteiger partial charge in [-0.15, -0.1) is 0 Å². The molecule has 0 fully saturated rings. The molecule has 0 aliphatic rings. The summed E-state index contributed by atoms with van der Waals surface area (Å²) in [5, 5.41) is 3.67. The molecule has 0 aliphatic heterocycles. The van der Waals surface area contributed by atoms with Gasteiger partial charge in [0.25, 0.3) is 5.91 Å². The van der Waals surface area contributed by atoms with Gasteiger partial charge in [0.2, 0.25) is 0 Å². The molecule has 0 saturated heterocycles.